The lowest BCUT2D eigenvalue weighted by atomic mass is 10.1. The van der Waals surface area contributed by atoms with E-state index in [-0.39, 0.29) is 10.9 Å². The Kier molecular flexibility index (Phi) is 3.97. The topological polar surface area (TPSA) is 9.23 Å². The Labute approximate surface area is 118 Å². The Morgan fingerprint density at radius 1 is 1.00 bits per heavy atom. The molecule has 3 rings (SSSR count). The molecule has 0 aromatic heterocycles. The summed E-state index contributed by atoms with van der Waals surface area (Å²) in [5.74, 6) is 3.87. The van der Waals surface area contributed by atoms with Crippen molar-refractivity contribution in [1.29, 1.82) is 0 Å². The normalized spacial score (nSPS) is 17.0. The minimum Gasteiger partial charge on any atom is -0.493 e. The molecule has 1 heterocycles. The molecule has 102 valence electrons. The number of benzene rings is 2. The third-order valence-corrected chi connectivity index (χ3v) is 6.55. The lowest BCUT2D eigenvalue weighted by Gasteiger charge is -2.19. The van der Waals surface area contributed by atoms with Gasteiger partial charge in [0.05, 0.1) is 6.61 Å². The predicted molar refractivity (Wildman–Crippen MR) is 86.0 cm³/mol. The van der Waals surface area contributed by atoms with Crippen LogP contribution in [0.5, 0.6) is 5.75 Å². The second kappa shape index (κ2) is 5.87. The molecule has 0 unspecified atom stereocenters. The molecule has 2 aromatic rings. The maximum Gasteiger partial charge on any atom is 0.127 e. The average molecular weight is 274 g/mol. The smallest absolute Gasteiger partial charge is 0.127 e. The van der Waals surface area contributed by atoms with Gasteiger partial charge in [-0.15, -0.1) is 0 Å². The van der Waals surface area contributed by atoms with Gasteiger partial charge >= 0.3 is 0 Å². The minimum absolute atomic E-state index is 0.0791. The Balaban J connectivity index is 2.05. The summed E-state index contributed by atoms with van der Waals surface area (Å²) in [5, 5.41) is 2.71. The third-order valence-electron chi connectivity index (χ3n) is 3.77. The van der Waals surface area contributed by atoms with Crippen molar-refractivity contribution >= 4 is 21.7 Å². The fourth-order valence-corrected chi connectivity index (χ4v) is 5.56. The molecule has 0 N–H and O–H groups in total. The molecule has 1 aliphatic rings. The van der Waals surface area contributed by atoms with Crippen LogP contribution in [0.3, 0.4) is 0 Å². The number of hydrogen-bond acceptors (Lipinski definition) is 1. The molecule has 19 heavy (non-hydrogen) atoms. The molecular weight excluding hydrogens is 252 g/mol. The maximum absolute atomic E-state index is 5.89. The van der Waals surface area contributed by atoms with E-state index in [0.29, 0.717) is 0 Å². The summed E-state index contributed by atoms with van der Waals surface area (Å²) in [6, 6.07) is 13.3. The van der Waals surface area contributed by atoms with Gasteiger partial charge in [-0.25, -0.2) is 10.9 Å². The average Bonchev–Trinajstić information content (AvgIpc) is 2.98. The number of fused-ring (bicyclic) bond motifs is 1. The second-order valence-electron chi connectivity index (χ2n) is 5.17. The Hall–Kier alpha value is -1.15. The molecule has 0 radical (unpaired) electrons. The first-order valence-corrected chi connectivity index (χ1v) is 9.01. The van der Waals surface area contributed by atoms with Gasteiger partial charge in [0.2, 0.25) is 0 Å². The highest BCUT2D eigenvalue weighted by atomic mass is 32.2. The molecule has 1 fully saturated rings. The van der Waals surface area contributed by atoms with Gasteiger partial charge in [-0.05, 0) is 53.2 Å². The van der Waals surface area contributed by atoms with Crippen LogP contribution < -0.4 is 4.74 Å². The highest BCUT2D eigenvalue weighted by Gasteiger charge is 2.16. The summed E-state index contributed by atoms with van der Waals surface area (Å²) in [6.07, 6.45) is 3.88. The molecule has 0 saturated carbocycles. The maximum atomic E-state index is 5.89. The van der Waals surface area contributed by atoms with E-state index >= 15 is 0 Å². The van der Waals surface area contributed by atoms with E-state index in [1.165, 1.54) is 35.1 Å². The van der Waals surface area contributed by atoms with Crippen LogP contribution in [0.15, 0.2) is 41.3 Å². The third kappa shape index (κ3) is 2.59. The van der Waals surface area contributed by atoms with Crippen molar-refractivity contribution in [2.75, 3.05) is 18.1 Å². The van der Waals surface area contributed by atoms with Crippen LogP contribution >= 0.6 is 10.9 Å². The van der Waals surface area contributed by atoms with Crippen LogP contribution in [-0.2, 0) is 0 Å². The van der Waals surface area contributed by atoms with Crippen molar-refractivity contribution in [3.63, 3.8) is 0 Å². The molecule has 0 spiro atoms. The Morgan fingerprint density at radius 3 is 2.47 bits per heavy atom. The molecular formula is C17H22OS. The van der Waals surface area contributed by atoms with E-state index < -0.39 is 0 Å². The number of rotatable bonds is 4. The van der Waals surface area contributed by atoms with Crippen LogP contribution in [0.2, 0.25) is 0 Å². The Bertz CT molecular complexity index is 558. The molecule has 2 heteroatoms. The van der Waals surface area contributed by atoms with Crippen LogP contribution in [0.25, 0.3) is 10.8 Å². The van der Waals surface area contributed by atoms with E-state index in [9.17, 15) is 0 Å². The zero-order valence-electron chi connectivity index (χ0n) is 11.6. The van der Waals surface area contributed by atoms with Crippen molar-refractivity contribution in [3.8, 4) is 5.75 Å². The fourth-order valence-electron chi connectivity index (χ4n) is 2.83. The van der Waals surface area contributed by atoms with Crippen LogP contribution in [0.1, 0.15) is 26.2 Å². The lowest BCUT2D eigenvalue weighted by molar-refractivity contribution is 0.321. The van der Waals surface area contributed by atoms with Gasteiger partial charge in [0.1, 0.15) is 5.75 Å². The lowest BCUT2D eigenvalue weighted by Crippen LogP contribution is -1.97. The van der Waals surface area contributed by atoms with E-state index in [0.717, 1.165) is 18.8 Å². The number of thiol groups is 1. The van der Waals surface area contributed by atoms with Gasteiger partial charge in [0.15, 0.2) is 0 Å². The zero-order chi connectivity index (χ0) is 13.1. The summed E-state index contributed by atoms with van der Waals surface area (Å²) in [7, 11) is 0.0791. The molecule has 1 saturated heterocycles. The molecule has 2 aromatic carbocycles. The van der Waals surface area contributed by atoms with E-state index in [1.54, 1.807) is 4.90 Å². The van der Waals surface area contributed by atoms with Crippen molar-refractivity contribution in [2.45, 2.75) is 31.1 Å². The first-order chi connectivity index (χ1) is 9.40. The first kappa shape index (κ1) is 12.9. The highest BCUT2D eigenvalue weighted by Crippen LogP contribution is 2.47. The largest absolute Gasteiger partial charge is 0.493 e. The summed E-state index contributed by atoms with van der Waals surface area (Å²) >= 11 is 0. The van der Waals surface area contributed by atoms with Gasteiger partial charge in [0, 0.05) is 5.39 Å². The SMILES string of the molecule is CCCOc1ccc([SH]2CCCC2)c2ccccc12. The summed E-state index contributed by atoms with van der Waals surface area (Å²) in [5.41, 5.74) is 0. The molecule has 0 bridgehead atoms. The molecule has 0 atom stereocenters. The van der Waals surface area contributed by atoms with Gasteiger partial charge in [0.25, 0.3) is 0 Å². The van der Waals surface area contributed by atoms with Crippen molar-refractivity contribution in [2.24, 2.45) is 0 Å². The molecule has 1 aliphatic heterocycles. The molecule has 1 nitrogen and oxygen atoms in total. The monoisotopic (exact) mass is 274 g/mol. The van der Waals surface area contributed by atoms with Gasteiger partial charge < -0.3 is 4.74 Å². The van der Waals surface area contributed by atoms with E-state index in [4.69, 9.17) is 4.74 Å². The summed E-state index contributed by atoms with van der Waals surface area (Å²) < 4.78 is 5.89. The molecule has 0 aliphatic carbocycles. The predicted octanol–water partition coefficient (Wildman–Crippen LogP) is 4.78. The minimum atomic E-state index is 0.0791. The molecule has 0 amide bonds. The standard InChI is InChI=1S/C17H22OS/c1-2-11-18-16-9-10-17(19-12-5-6-13-19)15-8-4-3-7-14(15)16/h3-4,7-10,19H,2,5-6,11-13H2,1H3. The number of ether oxygens (including phenoxy) is 1. The van der Waals surface area contributed by atoms with Crippen LogP contribution in [-0.4, -0.2) is 18.1 Å². The van der Waals surface area contributed by atoms with Crippen LogP contribution in [0.4, 0.5) is 0 Å². The summed E-state index contributed by atoms with van der Waals surface area (Å²) in [6.45, 7) is 2.95. The van der Waals surface area contributed by atoms with Crippen LogP contribution in [0, 0.1) is 0 Å². The first-order valence-electron chi connectivity index (χ1n) is 7.29. The highest BCUT2D eigenvalue weighted by molar-refractivity contribution is 8.17. The van der Waals surface area contributed by atoms with Crippen molar-refractivity contribution < 1.29 is 4.74 Å². The van der Waals surface area contributed by atoms with Gasteiger partial charge in [-0.2, -0.15) is 0 Å². The van der Waals surface area contributed by atoms with Crippen molar-refractivity contribution in [3.05, 3.63) is 36.4 Å². The zero-order valence-corrected chi connectivity index (χ0v) is 12.5. The summed E-state index contributed by atoms with van der Waals surface area (Å²) in [4.78, 5) is 1.59. The fraction of sp³-hybridized carbons (Fsp3) is 0.412. The van der Waals surface area contributed by atoms with E-state index in [1.807, 2.05) is 0 Å². The Morgan fingerprint density at radius 2 is 1.74 bits per heavy atom. The number of hydrogen-bond donors (Lipinski definition) is 1. The second-order valence-corrected chi connectivity index (χ2v) is 7.63. The van der Waals surface area contributed by atoms with E-state index in [2.05, 4.69) is 43.3 Å². The van der Waals surface area contributed by atoms with Gasteiger partial charge in [-0.3, -0.25) is 0 Å². The van der Waals surface area contributed by atoms with Crippen molar-refractivity contribution in [1.82, 2.24) is 0 Å². The van der Waals surface area contributed by atoms with Gasteiger partial charge in [-0.1, -0.05) is 31.2 Å². The quantitative estimate of drug-likeness (QED) is 0.789.